The summed E-state index contributed by atoms with van der Waals surface area (Å²) in [5, 5.41) is 3.54. The van der Waals surface area contributed by atoms with E-state index in [2.05, 4.69) is 11.9 Å². The van der Waals surface area contributed by atoms with Gasteiger partial charge < -0.3 is 19.9 Å². The molecular weight excluding hydrogens is 240 g/mol. The monoisotopic (exact) mass is 262 g/mol. The highest BCUT2D eigenvalue weighted by Crippen LogP contribution is 2.37. The maximum absolute atomic E-state index is 5.60. The van der Waals surface area contributed by atoms with Gasteiger partial charge in [0.15, 0.2) is 5.11 Å². The Bertz CT molecular complexity index is 249. The first-order chi connectivity index (χ1) is 7.51. The summed E-state index contributed by atoms with van der Waals surface area (Å²) in [7, 11) is 1.49. The first kappa shape index (κ1) is 13.9. The maximum Gasteiger partial charge on any atom is 0.337 e. The Morgan fingerprint density at radius 3 is 2.50 bits per heavy atom. The van der Waals surface area contributed by atoms with Gasteiger partial charge in [0.05, 0.1) is 0 Å². The molecule has 1 rings (SSSR count). The Hall–Kier alpha value is -0.173. The van der Waals surface area contributed by atoms with E-state index >= 15 is 0 Å². The van der Waals surface area contributed by atoms with E-state index in [1.54, 1.807) is 14.2 Å². The van der Waals surface area contributed by atoms with Gasteiger partial charge in [0, 0.05) is 25.8 Å². The fourth-order valence-electron chi connectivity index (χ4n) is 2.42. The van der Waals surface area contributed by atoms with Crippen molar-refractivity contribution in [3.8, 4) is 0 Å². The van der Waals surface area contributed by atoms with Crippen LogP contribution in [0.1, 0.15) is 25.7 Å². The molecule has 0 saturated heterocycles. The molecule has 0 aromatic carbocycles. The van der Waals surface area contributed by atoms with E-state index in [1.165, 1.54) is 12.8 Å². The molecule has 0 bridgehead atoms. The topological polar surface area (TPSA) is 56.5 Å². The van der Waals surface area contributed by atoms with Crippen molar-refractivity contribution < 1.29 is 8.85 Å². The van der Waals surface area contributed by atoms with Gasteiger partial charge in [-0.25, -0.2) is 0 Å². The first-order valence-corrected chi connectivity index (χ1v) is 8.48. The van der Waals surface area contributed by atoms with Gasteiger partial charge in [0.2, 0.25) is 0 Å². The standard InChI is InChI=1S/C10H22N2O2SSi/c1-13-16(3,14-2)9-6-4-5-8(7-9)12-10(11)15/h8-9H,4-7H2,1-3H3,(H3,11,12,15). The summed E-state index contributed by atoms with van der Waals surface area (Å²) in [6.45, 7) is 2.13. The van der Waals surface area contributed by atoms with Gasteiger partial charge in [-0.3, -0.25) is 0 Å². The first-order valence-electron chi connectivity index (χ1n) is 5.68. The molecule has 2 unspecified atom stereocenters. The number of hydrogen-bond acceptors (Lipinski definition) is 3. The molecule has 1 fully saturated rings. The molecule has 0 radical (unpaired) electrons. The van der Waals surface area contributed by atoms with Crippen LogP contribution in [0.4, 0.5) is 0 Å². The molecule has 0 heterocycles. The van der Waals surface area contributed by atoms with Crippen molar-refractivity contribution in [2.45, 2.75) is 43.8 Å². The molecule has 0 aliphatic heterocycles. The number of thiocarbonyl (C=S) groups is 1. The molecule has 0 amide bonds. The van der Waals surface area contributed by atoms with Crippen LogP contribution in [0, 0.1) is 0 Å². The number of hydrogen-bond donors (Lipinski definition) is 2. The van der Waals surface area contributed by atoms with Crippen molar-refractivity contribution in [3.05, 3.63) is 0 Å². The van der Waals surface area contributed by atoms with Crippen molar-refractivity contribution in [2.75, 3.05) is 14.2 Å². The molecule has 1 aliphatic carbocycles. The molecule has 16 heavy (non-hydrogen) atoms. The van der Waals surface area contributed by atoms with Crippen LogP contribution >= 0.6 is 12.2 Å². The second kappa shape index (κ2) is 5.95. The van der Waals surface area contributed by atoms with Gasteiger partial charge in [0.25, 0.3) is 0 Å². The van der Waals surface area contributed by atoms with Crippen molar-refractivity contribution in [3.63, 3.8) is 0 Å². The summed E-state index contributed by atoms with van der Waals surface area (Å²) in [4.78, 5) is 0. The summed E-state index contributed by atoms with van der Waals surface area (Å²) in [5.41, 5.74) is 6.03. The van der Waals surface area contributed by atoms with E-state index in [0.717, 1.165) is 12.8 Å². The van der Waals surface area contributed by atoms with Gasteiger partial charge in [-0.2, -0.15) is 0 Å². The second-order valence-electron chi connectivity index (χ2n) is 4.49. The minimum absolute atomic E-state index is 0.383. The molecule has 0 aromatic rings. The summed E-state index contributed by atoms with van der Waals surface area (Å²) in [5.74, 6) is 0. The average molecular weight is 262 g/mol. The van der Waals surface area contributed by atoms with Crippen molar-refractivity contribution in [2.24, 2.45) is 5.73 Å². The van der Waals surface area contributed by atoms with E-state index in [-0.39, 0.29) is 0 Å². The Labute approximate surface area is 104 Å². The second-order valence-corrected chi connectivity index (χ2v) is 8.60. The smallest absolute Gasteiger partial charge is 0.337 e. The third kappa shape index (κ3) is 3.41. The van der Waals surface area contributed by atoms with E-state index in [4.69, 9.17) is 26.8 Å². The zero-order chi connectivity index (χ0) is 12.2. The number of nitrogens with one attached hydrogen (secondary N) is 1. The molecule has 4 nitrogen and oxygen atoms in total. The minimum atomic E-state index is -2.01. The molecule has 1 saturated carbocycles. The highest BCUT2D eigenvalue weighted by atomic mass is 32.1. The molecule has 0 spiro atoms. The lowest BCUT2D eigenvalue weighted by molar-refractivity contribution is 0.219. The predicted molar refractivity (Wildman–Crippen MR) is 71.6 cm³/mol. The molecule has 94 valence electrons. The zero-order valence-corrected chi connectivity index (χ0v) is 12.1. The third-order valence-electron chi connectivity index (χ3n) is 3.57. The van der Waals surface area contributed by atoms with Crippen LogP contribution in [0.15, 0.2) is 0 Å². The Balaban J connectivity index is 2.58. The predicted octanol–water partition coefficient (Wildman–Crippen LogP) is 1.50. The van der Waals surface area contributed by atoms with Crippen LogP contribution in [-0.4, -0.2) is 33.9 Å². The van der Waals surface area contributed by atoms with Gasteiger partial charge in [-0.05, 0) is 38.0 Å². The summed E-state index contributed by atoms with van der Waals surface area (Å²) in [6.07, 6.45) is 4.54. The summed E-state index contributed by atoms with van der Waals surface area (Å²) < 4.78 is 11.2. The van der Waals surface area contributed by atoms with Gasteiger partial charge in [-0.15, -0.1) is 0 Å². The minimum Gasteiger partial charge on any atom is -0.398 e. The van der Waals surface area contributed by atoms with Crippen LogP contribution in [0.25, 0.3) is 0 Å². The van der Waals surface area contributed by atoms with E-state index < -0.39 is 8.56 Å². The van der Waals surface area contributed by atoms with Crippen LogP contribution in [0.3, 0.4) is 0 Å². The molecule has 2 atom stereocenters. The molecule has 3 N–H and O–H groups in total. The third-order valence-corrected chi connectivity index (χ3v) is 7.32. The fourth-order valence-corrected chi connectivity index (χ4v) is 4.86. The van der Waals surface area contributed by atoms with E-state index in [9.17, 15) is 0 Å². The average Bonchev–Trinajstić information content (AvgIpc) is 2.27. The summed E-state index contributed by atoms with van der Waals surface area (Å²) >= 11 is 4.88. The lowest BCUT2D eigenvalue weighted by Crippen LogP contribution is -2.48. The quantitative estimate of drug-likeness (QED) is 0.594. The van der Waals surface area contributed by atoms with Crippen LogP contribution in [0.5, 0.6) is 0 Å². The lowest BCUT2D eigenvalue weighted by atomic mass is 9.95. The van der Waals surface area contributed by atoms with Crippen LogP contribution in [0.2, 0.25) is 12.1 Å². The number of nitrogens with two attached hydrogens (primary N) is 1. The Kier molecular flexibility index (Phi) is 5.17. The molecular formula is C10H22N2O2SSi. The largest absolute Gasteiger partial charge is 0.398 e. The molecule has 0 aromatic heterocycles. The van der Waals surface area contributed by atoms with Crippen LogP contribution in [-0.2, 0) is 8.85 Å². The van der Waals surface area contributed by atoms with E-state index in [0.29, 0.717) is 16.7 Å². The zero-order valence-electron chi connectivity index (χ0n) is 10.3. The fraction of sp³-hybridized carbons (Fsp3) is 0.900. The molecule has 1 aliphatic rings. The summed E-state index contributed by atoms with van der Waals surface area (Å²) in [6, 6.07) is 0.383. The maximum atomic E-state index is 5.60. The van der Waals surface area contributed by atoms with Gasteiger partial charge in [0.1, 0.15) is 0 Å². The van der Waals surface area contributed by atoms with Crippen molar-refractivity contribution in [1.29, 1.82) is 0 Å². The molecule has 6 heteroatoms. The SMILES string of the molecule is CO[Si](C)(OC)C1CCCC(NC(N)=S)C1. The van der Waals surface area contributed by atoms with Gasteiger partial charge in [-0.1, -0.05) is 6.42 Å². The van der Waals surface area contributed by atoms with Crippen molar-refractivity contribution in [1.82, 2.24) is 5.32 Å². The Morgan fingerprint density at radius 1 is 1.38 bits per heavy atom. The Morgan fingerprint density at radius 2 is 2.00 bits per heavy atom. The highest BCUT2D eigenvalue weighted by molar-refractivity contribution is 7.80. The van der Waals surface area contributed by atoms with E-state index in [1.807, 2.05) is 0 Å². The van der Waals surface area contributed by atoms with Gasteiger partial charge >= 0.3 is 8.56 Å². The highest BCUT2D eigenvalue weighted by Gasteiger charge is 2.41. The lowest BCUT2D eigenvalue weighted by Gasteiger charge is -2.37. The van der Waals surface area contributed by atoms with Crippen LogP contribution < -0.4 is 11.1 Å². The normalized spacial score (nSPS) is 26.4. The number of rotatable bonds is 4. The van der Waals surface area contributed by atoms with Crippen molar-refractivity contribution >= 4 is 25.9 Å².